The molecule has 0 atom stereocenters. The second kappa shape index (κ2) is 6.29. The van der Waals surface area contributed by atoms with Crippen molar-refractivity contribution in [2.24, 2.45) is 0 Å². The fourth-order valence-corrected chi connectivity index (χ4v) is 2.22. The molecule has 2 aromatic carbocycles. The third kappa shape index (κ3) is 3.51. The third-order valence-electron chi connectivity index (χ3n) is 2.74. The van der Waals surface area contributed by atoms with E-state index in [0.717, 1.165) is 16.7 Å². The molecule has 0 spiro atoms. The molecule has 19 heavy (non-hydrogen) atoms. The average Bonchev–Trinajstić information content (AvgIpc) is 2.45. The maximum Gasteiger partial charge on any atom is 0.269 e. The van der Waals surface area contributed by atoms with E-state index in [1.165, 1.54) is 6.07 Å². The lowest BCUT2D eigenvalue weighted by Crippen LogP contribution is -1.91. The lowest BCUT2D eigenvalue weighted by atomic mass is 10.1. The van der Waals surface area contributed by atoms with E-state index in [1.54, 1.807) is 12.1 Å². The first-order valence-corrected chi connectivity index (χ1v) is 6.89. The first-order valence-electron chi connectivity index (χ1n) is 5.77. The lowest BCUT2D eigenvalue weighted by Gasteiger charge is -2.02. The minimum absolute atomic E-state index is 0.117. The molecule has 96 valence electrons. The molecule has 2 rings (SSSR count). The fourth-order valence-electron chi connectivity index (χ4n) is 1.73. The summed E-state index contributed by atoms with van der Waals surface area (Å²) in [6, 6.07) is 14.8. The van der Waals surface area contributed by atoms with E-state index in [9.17, 15) is 10.1 Å². The Bertz CT molecular complexity index is 609. The molecule has 0 aliphatic carbocycles. The van der Waals surface area contributed by atoms with Crippen molar-refractivity contribution in [1.29, 1.82) is 0 Å². The second-order valence-electron chi connectivity index (χ2n) is 4.02. The van der Waals surface area contributed by atoms with Gasteiger partial charge in [-0.3, -0.25) is 10.1 Å². The maximum absolute atomic E-state index is 10.7. The highest BCUT2D eigenvalue weighted by molar-refractivity contribution is 9.08. The Morgan fingerprint density at radius 2 is 1.84 bits per heavy atom. The standard InChI is InChI=1S/C15H12BrNO2/c16-11-14-10-15(17(18)19)9-8-13(14)7-6-12-4-2-1-3-5-12/h1-10H,11H2. The van der Waals surface area contributed by atoms with Crippen molar-refractivity contribution in [2.45, 2.75) is 5.33 Å². The predicted molar refractivity (Wildman–Crippen MR) is 81.1 cm³/mol. The smallest absolute Gasteiger partial charge is 0.258 e. The Balaban J connectivity index is 2.30. The van der Waals surface area contributed by atoms with Gasteiger partial charge in [-0.25, -0.2) is 0 Å². The van der Waals surface area contributed by atoms with Gasteiger partial charge < -0.3 is 0 Å². The van der Waals surface area contributed by atoms with Gasteiger partial charge in [0.25, 0.3) is 5.69 Å². The van der Waals surface area contributed by atoms with Crippen molar-refractivity contribution in [3.05, 3.63) is 75.3 Å². The minimum atomic E-state index is -0.378. The Labute approximate surface area is 119 Å². The van der Waals surface area contributed by atoms with E-state index in [1.807, 2.05) is 42.5 Å². The number of hydrogen-bond acceptors (Lipinski definition) is 2. The zero-order valence-corrected chi connectivity index (χ0v) is 11.7. The van der Waals surface area contributed by atoms with Gasteiger partial charge in [-0.15, -0.1) is 0 Å². The van der Waals surface area contributed by atoms with Gasteiger partial charge in [-0.05, 0) is 22.8 Å². The Hall–Kier alpha value is -1.94. The monoisotopic (exact) mass is 317 g/mol. The summed E-state index contributed by atoms with van der Waals surface area (Å²) in [4.78, 5) is 10.4. The van der Waals surface area contributed by atoms with E-state index in [-0.39, 0.29) is 10.6 Å². The molecule has 2 aromatic rings. The topological polar surface area (TPSA) is 43.1 Å². The highest BCUT2D eigenvalue weighted by Gasteiger charge is 2.08. The van der Waals surface area contributed by atoms with Crippen LogP contribution in [0.1, 0.15) is 16.7 Å². The number of alkyl halides is 1. The second-order valence-corrected chi connectivity index (χ2v) is 4.58. The SMILES string of the molecule is O=[N+]([O-])c1ccc(C=Cc2ccccc2)c(CBr)c1. The summed E-state index contributed by atoms with van der Waals surface area (Å²) in [7, 11) is 0. The van der Waals surface area contributed by atoms with E-state index < -0.39 is 0 Å². The van der Waals surface area contributed by atoms with Crippen LogP contribution in [-0.2, 0) is 5.33 Å². The largest absolute Gasteiger partial charge is 0.269 e. The van der Waals surface area contributed by atoms with Crippen LogP contribution in [0.15, 0.2) is 48.5 Å². The minimum Gasteiger partial charge on any atom is -0.258 e. The highest BCUT2D eigenvalue weighted by Crippen LogP contribution is 2.22. The molecule has 4 heteroatoms. The zero-order chi connectivity index (χ0) is 13.7. The van der Waals surface area contributed by atoms with Crippen LogP contribution in [0, 0.1) is 10.1 Å². The summed E-state index contributed by atoms with van der Waals surface area (Å²) >= 11 is 3.36. The first-order chi connectivity index (χ1) is 9.20. The molecule has 0 unspecified atom stereocenters. The zero-order valence-electron chi connectivity index (χ0n) is 10.1. The Morgan fingerprint density at radius 1 is 1.11 bits per heavy atom. The molecule has 0 saturated heterocycles. The molecule has 0 saturated carbocycles. The maximum atomic E-state index is 10.7. The van der Waals surface area contributed by atoms with Crippen molar-refractivity contribution < 1.29 is 4.92 Å². The number of nitro groups is 1. The first kappa shape index (κ1) is 13.5. The van der Waals surface area contributed by atoms with E-state index in [2.05, 4.69) is 15.9 Å². The number of nitrogens with zero attached hydrogens (tertiary/aromatic N) is 1. The van der Waals surface area contributed by atoms with Gasteiger partial charge in [0.1, 0.15) is 0 Å². The van der Waals surface area contributed by atoms with Crippen molar-refractivity contribution in [2.75, 3.05) is 0 Å². The van der Waals surface area contributed by atoms with Crippen LogP contribution in [0.2, 0.25) is 0 Å². The molecule has 0 aliphatic heterocycles. The fraction of sp³-hybridized carbons (Fsp3) is 0.0667. The van der Waals surface area contributed by atoms with Crippen molar-refractivity contribution in [3.63, 3.8) is 0 Å². The molecular weight excluding hydrogens is 306 g/mol. The van der Waals surface area contributed by atoms with E-state index in [0.29, 0.717) is 5.33 Å². The van der Waals surface area contributed by atoms with Crippen molar-refractivity contribution >= 4 is 33.8 Å². The highest BCUT2D eigenvalue weighted by atomic mass is 79.9. The third-order valence-corrected chi connectivity index (χ3v) is 3.34. The summed E-state index contributed by atoms with van der Waals surface area (Å²) < 4.78 is 0. The number of halogens is 1. The normalized spacial score (nSPS) is 10.8. The molecule has 0 bridgehead atoms. The summed E-state index contributed by atoms with van der Waals surface area (Å²) in [5, 5.41) is 11.3. The Kier molecular flexibility index (Phi) is 4.47. The Morgan fingerprint density at radius 3 is 2.47 bits per heavy atom. The van der Waals surface area contributed by atoms with Crippen LogP contribution in [0.25, 0.3) is 12.2 Å². The molecule has 0 radical (unpaired) electrons. The van der Waals surface area contributed by atoms with E-state index >= 15 is 0 Å². The number of non-ortho nitro benzene ring substituents is 1. The van der Waals surface area contributed by atoms with Gasteiger partial charge in [0.05, 0.1) is 4.92 Å². The lowest BCUT2D eigenvalue weighted by molar-refractivity contribution is -0.384. The average molecular weight is 318 g/mol. The van der Waals surface area contributed by atoms with Crippen molar-refractivity contribution in [3.8, 4) is 0 Å². The van der Waals surface area contributed by atoms with Crippen LogP contribution < -0.4 is 0 Å². The predicted octanol–water partition coefficient (Wildman–Crippen LogP) is 4.66. The molecule has 0 aliphatic rings. The summed E-state index contributed by atoms with van der Waals surface area (Å²) in [6.07, 6.45) is 3.96. The van der Waals surface area contributed by atoms with Gasteiger partial charge in [-0.1, -0.05) is 58.4 Å². The van der Waals surface area contributed by atoms with Crippen LogP contribution >= 0.6 is 15.9 Å². The van der Waals surface area contributed by atoms with Crippen LogP contribution in [-0.4, -0.2) is 4.92 Å². The van der Waals surface area contributed by atoms with Gasteiger partial charge in [0.2, 0.25) is 0 Å². The summed E-state index contributed by atoms with van der Waals surface area (Å²) in [5.74, 6) is 0. The molecule has 0 fully saturated rings. The molecule has 0 aromatic heterocycles. The number of nitro benzene ring substituents is 1. The van der Waals surface area contributed by atoms with Gasteiger partial charge in [0, 0.05) is 17.5 Å². The van der Waals surface area contributed by atoms with Crippen LogP contribution in [0.4, 0.5) is 5.69 Å². The molecule has 0 heterocycles. The molecular formula is C15H12BrNO2. The summed E-state index contributed by atoms with van der Waals surface area (Å²) in [5.41, 5.74) is 3.10. The van der Waals surface area contributed by atoms with Crippen molar-refractivity contribution in [1.82, 2.24) is 0 Å². The van der Waals surface area contributed by atoms with Gasteiger partial charge >= 0.3 is 0 Å². The van der Waals surface area contributed by atoms with Gasteiger partial charge in [0.15, 0.2) is 0 Å². The molecule has 0 amide bonds. The summed E-state index contributed by atoms with van der Waals surface area (Å²) in [6.45, 7) is 0. The number of rotatable bonds is 4. The van der Waals surface area contributed by atoms with E-state index in [4.69, 9.17) is 0 Å². The molecule has 0 N–H and O–H groups in total. The number of hydrogen-bond donors (Lipinski definition) is 0. The van der Waals surface area contributed by atoms with Crippen LogP contribution in [0.5, 0.6) is 0 Å². The van der Waals surface area contributed by atoms with Gasteiger partial charge in [-0.2, -0.15) is 0 Å². The molecule has 3 nitrogen and oxygen atoms in total. The van der Waals surface area contributed by atoms with Crippen LogP contribution in [0.3, 0.4) is 0 Å². The number of benzene rings is 2. The quantitative estimate of drug-likeness (QED) is 0.356.